The van der Waals surface area contributed by atoms with E-state index in [1.54, 1.807) is 0 Å². The average molecular weight is 219 g/mol. The molecule has 2 nitrogen and oxygen atoms in total. The summed E-state index contributed by atoms with van der Waals surface area (Å²) >= 11 is 5.58. The van der Waals surface area contributed by atoms with Crippen LogP contribution >= 0.6 is 11.6 Å². The van der Waals surface area contributed by atoms with Gasteiger partial charge in [-0.1, -0.05) is 13.3 Å². The van der Waals surface area contributed by atoms with Gasteiger partial charge in [-0.05, 0) is 18.8 Å². The minimum absolute atomic E-state index is 0.315. The number of hydrogen-bond donors (Lipinski definition) is 2. The highest BCUT2D eigenvalue weighted by Crippen LogP contribution is 1.88. The van der Waals surface area contributed by atoms with Gasteiger partial charge in [-0.25, -0.2) is 0 Å². The molecule has 0 heterocycles. The molecule has 0 saturated heterocycles. The van der Waals surface area contributed by atoms with Gasteiger partial charge in [-0.15, -0.1) is 18.0 Å². The molecule has 0 saturated carbocycles. The Hall–Kier alpha value is -0.230. The zero-order chi connectivity index (χ0) is 10.6. The fourth-order valence-corrected chi connectivity index (χ4v) is 1.47. The molecule has 0 amide bonds. The second-order valence-corrected chi connectivity index (χ2v) is 3.88. The number of rotatable bonds is 9. The summed E-state index contributed by atoms with van der Waals surface area (Å²) in [5.74, 6) is 3.51. The van der Waals surface area contributed by atoms with Crippen LogP contribution < -0.4 is 10.6 Å². The van der Waals surface area contributed by atoms with E-state index in [1.165, 1.54) is 19.3 Å². The lowest BCUT2D eigenvalue weighted by Gasteiger charge is -2.07. The molecule has 0 spiro atoms. The van der Waals surface area contributed by atoms with Crippen LogP contribution in [-0.2, 0) is 0 Å². The normalized spacial score (nSPS) is 12.4. The van der Waals surface area contributed by atoms with Gasteiger partial charge in [0.05, 0.1) is 19.0 Å². The lowest BCUT2D eigenvalue weighted by molar-refractivity contribution is -0.738. The summed E-state index contributed by atoms with van der Waals surface area (Å²) in [6, 6.07) is 0.315. The zero-order valence-electron chi connectivity index (χ0n) is 9.14. The van der Waals surface area contributed by atoms with Crippen LogP contribution in [0.15, 0.2) is 0 Å². The number of halogens is 1. The largest absolute Gasteiger partial charge is 0.339 e. The molecule has 3 heteroatoms. The van der Waals surface area contributed by atoms with Gasteiger partial charge in [0.1, 0.15) is 6.54 Å². The molecule has 4 N–H and O–H groups in total. The topological polar surface area (TPSA) is 33.2 Å². The molecule has 0 bridgehead atoms. The SMILES string of the molecule is C#CC(C[NH2+]CCCl)[NH2+]CCCCC. The van der Waals surface area contributed by atoms with E-state index in [1.807, 2.05) is 0 Å². The van der Waals surface area contributed by atoms with Crippen molar-refractivity contribution in [2.24, 2.45) is 0 Å². The maximum atomic E-state index is 5.58. The fraction of sp³-hybridized carbons (Fsp3) is 0.818. The summed E-state index contributed by atoms with van der Waals surface area (Å²) < 4.78 is 0. The molecule has 14 heavy (non-hydrogen) atoms. The zero-order valence-corrected chi connectivity index (χ0v) is 9.89. The molecule has 0 fully saturated rings. The predicted molar refractivity (Wildman–Crippen MR) is 61.3 cm³/mol. The minimum atomic E-state index is 0.315. The Balaban J connectivity index is 3.35. The van der Waals surface area contributed by atoms with E-state index >= 15 is 0 Å². The van der Waals surface area contributed by atoms with Crippen molar-refractivity contribution in [2.75, 3.05) is 25.5 Å². The summed E-state index contributed by atoms with van der Waals surface area (Å²) in [4.78, 5) is 0. The molecule has 1 atom stereocenters. The highest BCUT2D eigenvalue weighted by atomic mass is 35.5. The maximum Gasteiger partial charge on any atom is 0.196 e. The Labute approximate surface area is 92.8 Å². The molecule has 0 aliphatic rings. The summed E-state index contributed by atoms with van der Waals surface area (Å²) in [7, 11) is 0. The van der Waals surface area contributed by atoms with Gasteiger partial charge in [0.2, 0.25) is 0 Å². The molecule has 0 rings (SSSR count). The smallest absolute Gasteiger partial charge is 0.196 e. The van der Waals surface area contributed by atoms with Crippen LogP contribution in [0, 0.1) is 12.3 Å². The quantitative estimate of drug-likeness (QED) is 0.299. The van der Waals surface area contributed by atoms with Crippen molar-refractivity contribution in [1.29, 1.82) is 0 Å². The van der Waals surface area contributed by atoms with Crippen LogP contribution in [0.5, 0.6) is 0 Å². The first-order valence-electron chi connectivity index (χ1n) is 5.52. The monoisotopic (exact) mass is 218 g/mol. The number of terminal acetylenes is 1. The van der Waals surface area contributed by atoms with Crippen molar-refractivity contribution in [2.45, 2.75) is 32.2 Å². The van der Waals surface area contributed by atoms with Crippen LogP contribution in [0.2, 0.25) is 0 Å². The van der Waals surface area contributed by atoms with Crippen molar-refractivity contribution in [3.63, 3.8) is 0 Å². The number of hydrogen-bond acceptors (Lipinski definition) is 0. The molecular formula is C11H23ClN2+2. The van der Waals surface area contributed by atoms with E-state index in [2.05, 4.69) is 23.5 Å². The Morgan fingerprint density at radius 3 is 2.71 bits per heavy atom. The number of quaternary nitrogens is 2. The third kappa shape index (κ3) is 8.37. The van der Waals surface area contributed by atoms with Crippen LogP contribution in [-0.4, -0.2) is 31.6 Å². The molecule has 1 unspecified atom stereocenters. The lowest BCUT2D eigenvalue weighted by atomic mass is 10.2. The molecule has 0 aromatic rings. The molecule has 0 aromatic heterocycles. The number of alkyl halides is 1. The van der Waals surface area contributed by atoms with E-state index in [0.717, 1.165) is 19.6 Å². The molecular weight excluding hydrogens is 196 g/mol. The molecule has 0 aliphatic heterocycles. The first kappa shape index (κ1) is 13.8. The fourth-order valence-electron chi connectivity index (χ4n) is 1.32. The second kappa shape index (κ2) is 10.8. The van der Waals surface area contributed by atoms with Crippen LogP contribution in [0.4, 0.5) is 0 Å². The van der Waals surface area contributed by atoms with E-state index in [9.17, 15) is 0 Å². The van der Waals surface area contributed by atoms with Crippen molar-refractivity contribution >= 4 is 11.6 Å². The Kier molecular flexibility index (Phi) is 10.7. The van der Waals surface area contributed by atoms with Gasteiger partial charge in [0, 0.05) is 0 Å². The maximum absolute atomic E-state index is 5.58. The lowest BCUT2D eigenvalue weighted by Crippen LogP contribution is -2.99. The number of unbranched alkanes of at least 4 members (excludes halogenated alkanes) is 2. The van der Waals surface area contributed by atoms with E-state index in [0.29, 0.717) is 11.9 Å². The first-order chi connectivity index (χ1) is 6.85. The van der Waals surface area contributed by atoms with Gasteiger partial charge in [-0.3, -0.25) is 0 Å². The summed E-state index contributed by atoms with van der Waals surface area (Å²) in [5.41, 5.74) is 0. The third-order valence-corrected chi connectivity index (χ3v) is 2.42. The van der Waals surface area contributed by atoms with E-state index < -0.39 is 0 Å². The Morgan fingerprint density at radius 2 is 2.14 bits per heavy atom. The number of nitrogens with two attached hydrogens (primary N) is 2. The van der Waals surface area contributed by atoms with Gasteiger partial charge in [0.15, 0.2) is 6.04 Å². The van der Waals surface area contributed by atoms with E-state index in [4.69, 9.17) is 18.0 Å². The second-order valence-electron chi connectivity index (χ2n) is 3.51. The molecule has 0 aliphatic carbocycles. The average Bonchev–Trinajstić information content (AvgIpc) is 2.22. The summed E-state index contributed by atoms with van der Waals surface area (Å²) in [6.07, 6.45) is 9.28. The van der Waals surface area contributed by atoms with Gasteiger partial charge < -0.3 is 10.6 Å². The predicted octanol–water partition coefficient (Wildman–Crippen LogP) is -0.456. The highest BCUT2D eigenvalue weighted by Gasteiger charge is 2.08. The third-order valence-electron chi connectivity index (χ3n) is 2.21. The molecule has 0 aromatic carbocycles. The van der Waals surface area contributed by atoms with Crippen LogP contribution in [0.3, 0.4) is 0 Å². The molecule has 82 valence electrons. The summed E-state index contributed by atoms with van der Waals surface area (Å²) in [6.45, 7) is 5.31. The Morgan fingerprint density at radius 1 is 1.36 bits per heavy atom. The standard InChI is InChI=1S/C11H21ClN2/c1-3-5-6-8-14-11(4-2)10-13-9-7-12/h2,11,13-14H,3,5-10H2,1H3/p+2. The molecule has 0 radical (unpaired) electrons. The van der Waals surface area contributed by atoms with Gasteiger partial charge >= 0.3 is 0 Å². The minimum Gasteiger partial charge on any atom is -0.339 e. The van der Waals surface area contributed by atoms with E-state index in [-0.39, 0.29) is 0 Å². The van der Waals surface area contributed by atoms with Gasteiger partial charge in [0.25, 0.3) is 0 Å². The van der Waals surface area contributed by atoms with Crippen molar-refractivity contribution in [3.05, 3.63) is 0 Å². The van der Waals surface area contributed by atoms with Crippen LogP contribution in [0.1, 0.15) is 26.2 Å². The Bertz CT molecular complexity index is 154. The highest BCUT2D eigenvalue weighted by molar-refractivity contribution is 6.17. The van der Waals surface area contributed by atoms with Crippen molar-refractivity contribution < 1.29 is 10.6 Å². The first-order valence-corrected chi connectivity index (χ1v) is 6.05. The van der Waals surface area contributed by atoms with Crippen molar-refractivity contribution in [3.8, 4) is 12.3 Å². The van der Waals surface area contributed by atoms with Crippen molar-refractivity contribution in [1.82, 2.24) is 0 Å². The summed E-state index contributed by atoms with van der Waals surface area (Å²) in [5, 5.41) is 4.45. The van der Waals surface area contributed by atoms with Gasteiger partial charge in [-0.2, -0.15) is 0 Å². The van der Waals surface area contributed by atoms with Crippen LogP contribution in [0.25, 0.3) is 0 Å².